The maximum absolute atomic E-state index is 14.0. The largest absolute Gasteiger partial charge is 0.363 e. The fraction of sp³-hybridized carbons (Fsp3) is 1.00. The molecule has 0 aromatic heterocycles. The predicted molar refractivity (Wildman–Crippen MR) is 125 cm³/mol. The topological polar surface area (TPSA) is 281 Å². The maximum Gasteiger partial charge on any atom is 0.363 e. The van der Waals surface area contributed by atoms with Crippen LogP contribution in [0.1, 0.15) is 59.8 Å². The van der Waals surface area contributed by atoms with Crippen LogP contribution in [-0.2, 0) is 27.3 Å². The molecule has 0 aromatic rings. The minimum Gasteiger partial charge on any atom is -0.344 e. The fourth-order valence-electron chi connectivity index (χ4n) is 3.19. The van der Waals surface area contributed by atoms with Crippen LogP contribution >= 0.6 is 30.4 Å². The Morgan fingerprint density at radius 1 is 0.727 bits per heavy atom. The van der Waals surface area contributed by atoms with Crippen LogP contribution in [0.5, 0.6) is 0 Å². The average Bonchev–Trinajstić information content (AvgIpc) is 2.59. The van der Waals surface area contributed by atoms with Crippen molar-refractivity contribution in [2.24, 2.45) is 0 Å². The van der Waals surface area contributed by atoms with Gasteiger partial charge in [-0.15, -0.1) is 0 Å². The Morgan fingerprint density at radius 3 is 1.36 bits per heavy atom. The van der Waals surface area contributed by atoms with Gasteiger partial charge in [-0.25, -0.2) is 0 Å². The summed E-state index contributed by atoms with van der Waals surface area (Å²) in [7, 11) is -22.0. The van der Waals surface area contributed by atoms with E-state index in [1.54, 1.807) is 13.8 Å². The summed E-state index contributed by atoms with van der Waals surface area (Å²) in [5, 5.41) is -3.03. The molecule has 1 unspecified atom stereocenters. The van der Waals surface area contributed by atoms with Crippen molar-refractivity contribution in [2.45, 2.75) is 70.3 Å². The summed E-state index contributed by atoms with van der Waals surface area (Å²) in [5.41, 5.74) is -2.96. The molecule has 0 aliphatic carbocycles. The number of hydrogen-bond donors (Lipinski definition) is 8. The molecule has 0 aromatic carbocycles. The molecule has 204 valence electrons. The number of nitrogens with zero attached hydrogens (tertiary/aromatic N) is 1. The van der Waals surface area contributed by atoms with Crippen molar-refractivity contribution < 1.29 is 56.7 Å². The van der Waals surface area contributed by atoms with Gasteiger partial charge in [0, 0.05) is 6.54 Å². The van der Waals surface area contributed by atoms with E-state index in [-0.39, 0.29) is 56.1 Å². The smallest absolute Gasteiger partial charge is 0.344 e. The van der Waals surface area contributed by atoms with Crippen molar-refractivity contribution in [1.29, 1.82) is 0 Å². The van der Waals surface area contributed by atoms with Gasteiger partial charge in [0.25, 0.3) is 0 Å². The highest BCUT2D eigenvalue weighted by atomic mass is 31.2. The van der Waals surface area contributed by atoms with Crippen molar-refractivity contribution >= 4 is 30.4 Å². The zero-order valence-corrected chi connectivity index (χ0v) is 23.1. The Balaban J connectivity index is -0.00000450. The Hall–Kier alpha value is 0.480. The molecule has 0 aliphatic heterocycles. The van der Waals surface area contributed by atoms with Crippen LogP contribution in [0.3, 0.4) is 0 Å². The Bertz CT molecular complexity index is 720. The van der Waals surface area contributed by atoms with Crippen molar-refractivity contribution in [2.75, 3.05) is 19.8 Å². The molecule has 0 radical (unpaired) electrons. The van der Waals surface area contributed by atoms with E-state index >= 15 is 0 Å². The summed E-state index contributed by atoms with van der Waals surface area (Å²) < 4.78 is 61.9. The summed E-state index contributed by atoms with van der Waals surface area (Å²) >= 11 is 0. The monoisotopic (exact) mass is 567 g/mol. The average molecular weight is 567 g/mol. The molecule has 0 saturated carbocycles. The van der Waals surface area contributed by atoms with Crippen LogP contribution in [0, 0.1) is 0 Å². The first-order valence-corrected chi connectivity index (χ1v) is 16.3. The molecule has 15 nitrogen and oxygen atoms in total. The first-order chi connectivity index (χ1) is 14.0. The van der Waals surface area contributed by atoms with Crippen molar-refractivity contribution in [1.82, 2.24) is 17.2 Å². The Morgan fingerprint density at radius 2 is 1.12 bits per heavy atom. The van der Waals surface area contributed by atoms with E-state index in [1.807, 2.05) is 0 Å². The highest BCUT2D eigenvalue weighted by Gasteiger charge is 2.70. The molecule has 33 heavy (non-hydrogen) atoms. The second-order valence-corrected chi connectivity index (χ2v) is 15.1. The predicted octanol–water partition coefficient (Wildman–Crippen LogP) is 3.34. The maximum atomic E-state index is 14.0. The van der Waals surface area contributed by atoms with Crippen molar-refractivity contribution in [3.63, 3.8) is 0 Å². The molecule has 1 atom stereocenters. The lowest BCUT2D eigenvalue weighted by atomic mass is 10.3. The summed E-state index contributed by atoms with van der Waals surface area (Å²) in [6.45, 7) is 5.02. The quantitative estimate of drug-likeness (QED) is 0.124. The van der Waals surface area contributed by atoms with Crippen LogP contribution in [0.4, 0.5) is 0 Å². The lowest BCUT2D eigenvalue weighted by molar-refractivity contribution is 0.107. The van der Waals surface area contributed by atoms with Gasteiger partial charge in [0.15, 0.2) is 0 Å². The standard InChI is InChI=1S/C14H35NO12P4.2H3N/c1-5-9-14(30(22,23)24,31(25,26-11-7-3)27-12-8-4)15(10-6-2)13(28(16,17)18)29(19,20)21;;/h13H,5-12H2,1-4H3,(H2,16,17,18)(H2,19,20,21)(H2,22,23,24);2*1H3. The van der Waals surface area contributed by atoms with Gasteiger partial charge in [-0.05, 0) is 25.7 Å². The van der Waals surface area contributed by atoms with E-state index in [1.165, 1.54) is 13.8 Å². The van der Waals surface area contributed by atoms with E-state index in [0.717, 1.165) is 0 Å². The van der Waals surface area contributed by atoms with E-state index in [2.05, 4.69) is 0 Å². The molecule has 0 rings (SSSR count). The van der Waals surface area contributed by atoms with Crippen molar-refractivity contribution in [3.05, 3.63) is 0 Å². The molecule has 0 heterocycles. The van der Waals surface area contributed by atoms with Gasteiger partial charge in [-0.1, -0.05) is 34.1 Å². The molecule has 0 saturated heterocycles. The van der Waals surface area contributed by atoms with Gasteiger partial charge < -0.3 is 50.7 Å². The lowest BCUT2D eigenvalue weighted by Crippen LogP contribution is -2.54. The zero-order chi connectivity index (χ0) is 24.7. The minimum absolute atomic E-state index is 0. The highest BCUT2D eigenvalue weighted by molar-refractivity contribution is 7.74. The first-order valence-electron chi connectivity index (χ1n) is 9.82. The molecule has 0 bridgehead atoms. The third-order valence-corrected chi connectivity index (χ3v) is 13.1. The van der Waals surface area contributed by atoms with Gasteiger partial charge >= 0.3 is 30.4 Å². The summed E-state index contributed by atoms with van der Waals surface area (Å²) in [6.07, 6.45) is -0.259. The van der Waals surface area contributed by atoms with Crippen LogP contribution in [0.15, 0.2) is 0 Å². The Labute approximate surface area is 194 Å². The summed E-state index contributed by atoms with van der Waals surface area (Å²) in [5.74, 6) is 0. The normalized spacial score (nSPS) is 15.2. The number of rotatable bonds is 16. The third kappa shape index (κ3) is 9.13. The SMILES string of the molecule is CCCOP(=O)(OCCC)C(CCC)(N(CCC)C(P(=O)(O)O)P(=O)(O)O)P(=O)(O)O.N.N. The summed E-state index contributed by atoms with van der Waals surface area (Å²) in [6, 6.07) is 0. The van der Waals surface area contributed by atoms with Gasteiger partial charge in [0.2, 0.25) is 10.5 Å². The fourth-order valence-corrected chi connectivity index (χ4v) is 11.5. The van der Waals surface area contributed by atoms with Gasteiger partial charge in [0.1, 0.15) is 0 Å². The van der Waals surface area contributed by atoms with Crippen LogP contribution in [0.2, 0.25) is 0 Å². The zero-order valence-electron chi connectivity index (χ0n) is 19.5. The van der Waals surface area contributed by atoms with E-state index in [9.17, 15) is 47.6 Å². The Kier molecular flexibility index (Phi) is 17.2. The third-order valence-electron chi connectivity index (χ3n) is 4.23. The first kappa shape index (κ1) is 38.0. The van der Waals surface area contributed by atoms with E-state index < -0.39 is 53.9 Å². The number of hydrogen-bond acceptors (Lipinski definition) is 9. The highest BCUT2D eigenvalue weighted by Crippen LogP contribution is 2.79. The van der Waals surface area contributed by atoms with E-state index in [0.29, 0.717) is 0 Å². The second kappa shape index (κ2) is 14.9. The lowest BCUT2D eigenvalue weighted by Gasteiger charge is -2.49. The van der Waals surface area contributed by atoms with Crippen LogP contribution in [0.25, 0.3) is 0 Å². The molecule has 0 amide bonds. The molecule has 0 spiro atoms. The molecule has 12 N–H and O–H groups in total. The van der Waals surface area contributed by atoms with Gasteiger partial charge in [-0.2, -0.15) is 0 Å². The molecular weight excluding hydrogens is 526 g/mol. The molecular formula is C14H41N3O12P4. The molecule has 19 heteroatoms. The molecule has 0 fully saturated rings. The van der Waals surface area contributed by atoms with Gasteiger partial charge in [-0.3, -0.25) is 23.2 Å². The van der Waals surface area contributed by atoms with Crippen molar-refractivity contribution in [3.8, 4) is 0 Å². The van der Waals surface area contributed by atoms with Gasteiger partial charge in [0.05, 0.1) is 13.2 Å². The van der Waals surface area contributed by atoms with Crippen LogP contribution in [-0.4, -0.2) is 64.6 Å². The van der Waals surface area contributed by atoms with E-state index in [4.69, 9.17) is 9.05 Å². The second-order valence-electron chi connectivity index (χ2n) is 6.95. The minimum atomic E-state index is -5.71. The van der Waals surface area contributed by atoms with Crippen LogP contribution < -0.4 is 12.3 Å². The summed E-state index contributed by atoms with van der Waals surface area (Å²) in [4.78, 5) is 60.2. The molecule has 0 aliphatic rings.